The predicted molar refractivity (Wildman–Crippen MR) is 104 cm³/mol. The molecule has 7 nitrogen and oxygen atoms in total. The number of piperazine rings is 1. The van der Waals surface area contributed by atoms with Gasteiger partial charge < -0.3 is 19.3 Å². The second-order valence-electron chi connectivity index (χ2n) is 8.21. The van der Waals surface area contributed by atoms with Crippen LogP contribution in [0, 0.1) is 0 Å². The van der Waals surface area contributed by atoms with Crippen molar-refractivity contribution >= 4 is 11.8 Å². The number of ether oxygens (including phenoxy) is 2. The van der Waals surface area contributed by atoms with Gasteiger partial charge in [-0.2, -0.15) is 0 Å². The van der Waals surface area contributed by atoms with Crippen LogP contribution in [0.2, 0.25) is 0 Å². The molecule has 2 fully saturated rings. The summed E-state index contributed by atoms with van der Waals surface area (Å²) in [6, 6.07) is 5.87. The summed E-state index contributed by atoms with van der Waals surface area (Å²) >= 11 is 0. The number of nitrogens with zero attached hydrogens (tertiary/aromatic N) is 3. The summed E-state index contributed by atoms with van der Waals surface area (Å²) in [5.41, 5.74) is 0.996. The minimum Gasteiger partial charge on any atom is -0.454 e. The van der Waals surface area contributed by atoms with Crippen LogP contribution in [0.25, 0.3) is 0 Å². The molecule has 1 aromatic rings. The van der Waals surface area contributed by atoms with Crippen LogP contribution in [0.4, 0.5) is 0 Å². The lowest BCUT2D eigenvalue weighted by atomic mass is 9.86. The lowest BCUT2D eigenvalue weighted by Gasteiger charge is -2.49. The van der Waals surface area contributed by atoms with Crippen molar-refractivity contribution in [2.75, 3.05) is 47.1 Å². The van der Waals surface area contributed by atoms with Crippen molar-refractivity contribution in [2.24, 2.45) is 0 Å². The zero-order chi connectivity index (χ0) is 19.7. The molecule has 0 radical (unpaired) electrons. The average Bonchev–Trinajstić information content (AvgIpc) is 3.12. The van der Waals surface area contributed by atoms with Crippen molar-refractivity contribution in [1.82, 2.24) is 14.7 Å². The Labute approximate surface area is 166 Å². The van der Waals surface area contributed by atoms with Crippen LogP contribution >= 0.6 is 0 Å². The van der Waals surface area contributed by atoms with E-state index in [9.17, 15) is 9.59 Å². The fraction of sp³-hybridized carbons (Fsp3) is 0.619. The number of aryl methyl sites for hydroxylation is 1. The Balaban J connectivity index is 1.38. The van der Waals surface area contributed by atoms with Crippen LogP contribution in [0.3, 0.4) is 0 Å². The van der Waals surface area contributed by atoms with E-state index in [-0.39, 0.29) is 24.1 Å². The molecule has 1 aromatic carbocycles. The van der Waals surface area contributed by atoms with Gasteiger partial charge in [-0.3, -0.25) is 14.5 Å². The molecule has 7 heteroatoms. The molecular formula is C21H29N3O4. The highest BCUT2D eigenvalue weighted by Gasteiger charge is 2.42. The Morgan fingerprint density at radius 1 is 1.11 bits per heavy atom. The first kappa shape index (κ1) is 19.1. The van der Waals surface area contributed by atoms with Crippen LogP contribution in [0.5, 0.6) is 11.5 Å². The van der Waals surface area contributed by atoms with Gasteiger partial charge in [-0.1, -0.05) is 6.07 Å². The number of likely N-dealkylation sites (tertiary alicyclic amines) is 1. The highest BCUT2D eigenvalue weighted by atomic mass is 16.7. The molecule has 152 valence electrons. The van der Waals surface area contributed by atoms with Gasteiger partial charge in [0, 0.05) is 51.6 Å². The molecule has 1 atom stereocenters. The van der Waals surface area contributed by atoms with Crippen LogP contribution < -0.4 is 9.47 Å². The molecule has 0 aromatic heterocycles. The number of fused-ring (bicyclic) bond motifs is 1. The summed E-state index contributed by atoms with van der Waals surface area (Å²) in [6.45, 7) is 3.33. The molecule has 2 saturated heterocycles. The van der Waals surface area contributed by atoms with Crippen molar-refractivity contribution in [1.29, 1.82) is 0 Å². The summed E-state index contributed by atoms with van der Waals surface area (Å²) in [5.74, 6) is 1.92. The van der Waals surface area contributed by atoms with Crippen LogP contribution in [0.15, 0.2) is 18.2 Å². The maximum Gasteiger partial charge on any atom is 0.231 e. The summed E-state index contributed by atoms with van der Waals surface area (Å²) < 4.78 is 10.8. The standard InChI is InChI=1S/C21H29N3O4/c1-22-10-9-21(8-7-19(22)25)14-24(12-11-23(21)2)20(26)6-4-16-3-5-17-18(13-16)28-15-27-17/h3,5,13H,4,6-12,14-15H2,1-2H3/t21-/m0/s1. The predicted octanol–water partition coefficient (Wildman–Crippen LogP) is 1.50. The highest BCUT2D eigenvalue weighted by Crippen LogP contribution is 2.34. The van der Waals surface area contributed by atoms with Gasteiger partial charge in [-0.15, -0.1) is 0 Å². The monoisotopic (exact) mass is 387 g/mol. The second kappa shape index (κ2) is 7.62. The fourth-order valence-corrected chi connectivity index (χ4v) is 4.48. The van der Waals surface area contributed by atoms with Crippen molar-refractivity contribution in [3.05, 3.63) is 23.8 Å². The van der Waals surface area contributed by atoms with E-state index >= 15 is 0 Å². The third-order valence-electron chi connectivity index (χ3n) is 6.56. The average molecular weight is 387 g/mol. The number of carbonyl (C=O) groups is 2. The molecule has 2 amide bonds. The molecule has 0 saturated carbocycles. The molecule has 3 heterocycles. The van der Waals surface area contributed by atoms with Crippen molar-refractivity contribution in [3.63, 3.8) is 0 Å². The Morgan fingerprint density at radius 3 is 2.79 bits per heavy atom. The summed E-state index contributed by atoms with van der Waals surface area (Å²) in [5, 5.41) is 0. The van der Waals surface area contributed by atoms with E-state index in [0.29, 0.717) is 25.8 Å². The number of hydrogen-bond acceptors (Lipinski definition) is 5. The van der Waals surface area contributed by atoms with Gasteiger partial charge in [0.2, 0.25) is 18.6 Å². The fourth-order valence-electron chi connectivity index (χ4n) is 4.48. The molecule has 0 N–H and O–H groups in total. The Bertz CT molecular complexity index is 768. The molecule has 1 spiro atoms. The molecule has 3 aliphatic heterocycles. The van der Waals surface area contributed by atoms with Gasteiger partial charge in [0.1, 0.15) is 0 Å². The highest BCUT2D eigenvalue weighted by molar-refractivity contribution is 5.77. The Hall–Kier alpha value is -2.28. The summed E-state index contributed by atoms with van der Waals surface area (Å²) in [6.07, 6.45) is 3.46. The van der Waals surface area contributed by atoms with Gasteiger partial charge in [0.05, 0.1) is 0 Å². The first-order chi connectivity index (χ1) is 13.5. The van der Waals surface area contributed by atoms with Gasteiger partial charge in [0.25, 0.3) is 0 Å². The van der Waals surface area contributed by atoms with E-state index in [0.717, 1.165) is 49.5 Å². The van der Waals surface area contributed by atoms with Gasteiger partial charge >= 0.3 is 0 Å². The smallest absolute Gasteiger partial charge is 0.231 e. The molecule has 28 heavy (non-hydrogen) atoms. The zero-order valence-corrected chi connectivity index (χ0v) is 16.8. The van der Waals surface area contributed by atoms with Crippen LogP contribution in [-0.2, 0) is 16.0 Å². The molecule has 0 unspecified atom stereocenters. The van der Waals surface area contributed by atoms with Crippen LogP contribution in [0.1, 0.15) is 31.2 Å². The van der Waals surface area contributed by atoms with E-state index in [1.165, 1.54) is 0 Å². The third kappa shape index (κ3) is 3.68. The normalized spacial score (nSPS) is 25.3. The first-order valence-corrected chi connectivity index (χ1v) is 10.1. The first-order valence-electron chi connectivity index (χ1n) is 10.1. The van der Waals surface area contributed by atoms with E-state index < -0.39 is 0 Å². The molecule has 3 aliphatic rings. The lowest BCUT2D eigenvalue weighted by molar-refractivity contribution is -0.136. The van der Waals surface area contributed by atoms with E-state index in [4.69, 9.17) is 9.47 Å². The van der Waals surface area contributed by atoms with Gasteiger partial charge in [0.15, 0.2) is 11.5 Å². The van der Waals surface area contributed by atoms with Crippen molar-refractivity contribution in [3.8, 4) is 11.5 Å². The summed E-state index contributed by atoms with van der Waals surface area (Å²) in [7, 11) is 4.00. The number of likely N-dealkylation sites (N-methyl/N-ethyl adjacent to an activating group) is 1. The minimum absolute atomic E-state index is 0.0902. The number of carbonyl (C=O) groups excluding carboxylic acids is 2. The number of amides is 2. The van der Waals surface area contributed by atoms with Crippen LogP contribution in [-0.4, -0.2) is 79.1 Å². The lowest BCUT2D eigenvalue weighted by Crippen LogP contribution is -2.62. The van der Waals surface area contributed by atoms with E-state index in [1.54, 1.807) is 0 Å². The quantitative estimate of drug-likeness (QED) is 0.787. The molecule has 0 bridgehead atoms. The Kier molecular flexibility index (Phi) is 5.19. The van der Waals surface area contributed by atoms with E-state index in [1.807, 2.05) is 35.0 Å². The SMILES string of the molecule is CN1CC[C@@]2(CCC1=O)CN(C(=O)CCc1ccc3c(c1)OCO3)CCN2C. The molecule has 4 rings (SSSR count). The third-order valence-corrected chi connectivity index (χ3v) is 6.56. The maximum atomic E-state index is 12.9. The van der Waals surface area contributed by atoms with Crippen molar-refractivity contribution in [2.45, 2.75) is 37.6 Å². The molecular weight excluding hydrogens is 358 g/mol. The minimum atomic E-state index is -0.0902. The topological polar surface area (TPSA) is 62.3 Å². The number of hydrogen-bond donors (Lipinski definition) is 0. The maximum absolute atomic E-state index is 12.9. The molecule has 0 aliphatic carbocycles. The zero-order valence-electron chi connectivity index (χ0n) is 16.8. The summed E-state index contributed by atoms with van der Waals surface area (Å²) in [4.78, 5) is 31.2. The number of rotatable bonds is 3. The Morgan fingerprint density at radius 2 is 1.93 bits per heavy atom. The number of benzene rings is 1. The van der Waals surface area contributed by atoms with Gasteiger partial charge in [-0.25, -0.2) is 0 Å². The van der Waals surface area contributed by atoms with E-state index in [2.05, 4.69) is 11.9 Å². The second-order valence-corrected chi connectivity index (χ2v) is 8.21. The van der Waals surface area contributed by atoms with Gasteiger partial charge in [-0.05, 0) is 44.0 Å². The largest absolute Gasteiger partial charge is 0.454 e. The van der Waals surface area contributed by atoms with Crippen molar-refractivity contribution < 1.29 is 19.1 Å².